The zero-order valence-electron chi connectivity index (χ0n) is 11.6. The molecule has 1 saturated heterocycles. The molecule has 2 nitrogen and oxygen atoms in total. The van der Waals surface area contributed by atoms with Crippen LogP contribution in [-0.2, 0) is 17.7 Å². The number of nitrogens with one attached hydrogen (secondary N) is 1. The van der Waals surface area contributed by atoms with Gasteiger partial charge < -0.3 is 10.1 Å². The second kappa shape index (κ2) is 6.91. The molecule has 1 aromatic carbocycles. The minimum Gasteiger partial charge on any atom is -0.381 e. The lowest BCUT2D eigenvalue weighted by molar-refractivity contribution is 0.0558. The molecule has 1 aliphatic rings. The van der Waals surface area contributed by atoms with Gasteiger partial charge in [0.05, 0.1) is 0 Å². The van der Waals surface area contributed by atoms with Crippen molar-refractivity contribution in [1.29, 1.82) is 0 Å². The van der Waals surface area contributed by atoms with Crippen molar-refractivity contribution in [2.45, 2.75) is 45.7 Å². The van der Waals surface area contributed by atoms with Gasteiger partial charge in [0.1, 0.15) is 0 Å². The fraction of sp³-hybridized carbons (Fsp3) is 0.625. The predicted octanol–water partition coefficient (Wildman–Crippen LogP) is 3.15. The van der Waals surface area contributed by atoms with Crippen molar-refractivity contribution in [1.82, 2.24) is 5.32 Å². The van der Waals surface area contributed by atoms with Crippen molar-refractivity contribution >= 4 is 0 Å². The highest BCUT2D eigenvalue weighted by Gasteiger charge is 2.19. The first-order valence-electron chi connectivity index (χ1n) is 7.18. The van der Waals surface area contributed by atoms with E-state index in [1.54, 1.807) is 0 Å². The van der Waals surface area contributed by atoms with Crippen LogP contribution in [0, 0.1) is 5.92 Å². The van der Waals surface area contributed by atoms with Gasteiger partial charge in [-0.2, -0.15) is 0 Å². The normalized spacial score (nSPS) is 18.8. The van der Waals surface area contributed by atoms with Crippen LogP contribution in [0.25, 0.3) is 0 Å². The number of ether oxygens (including phenoxy) is 1. The molecule has 0 bridgehead atoms. The molecular weight excluding hydrogens is 222 g/mol. The van der Waals surface area contributed by atoms with Crippen molar-refractivity contribution in [2.24, 2.45) is 5.92 Å². The van der Waals surface area contributed by atoms with Gasteiger partial charge in [-0.3, -0.25) is 0 Å². The fourth-order valence-electron chi connectivity index (χ4n) is 2.55. The molecule has 1 N–H and O–H groups in total. The first-order chi connectivity index (χ1) is 8.79. The summed E-state index contributed by atoms with van der Waals surface area (Å²) < 4.78 is 5.41. The van der Waals surface area contributed by atoms with Crippen molar-refractivity contribution in [2.75, 3.05) is 13.2 Å². The van der Waals surface area contributed by atoms with Gasteiger partial charge in [0.25, 0.3) is 0 Å². The molecule has 0 saturated carbocycles. The summed E-state index contributed by atoms with van der Waals surface area (Å²) in [4.78, 5) is 0. The largest absolute Gasteiger partial charge is 0.381 e. The lowest BCUT2D eigenvalue weighted by Gasteiger charge is -2.28. The van der Waals surface area contributed by atoms with E-state index in [0.29, 0.717) is 6.04 Å². The Morgan fingerprint density at radius 2 is 1.78 bits per heavy atom. The van der Waals surface area contributed by atoms with Crippen molar-refractivity contribution in [3.8, 4) is 0 Å². The van der Waals surface area contributed by atoms with Crippen molar-refractivity contribution in [3.05, 3.63) is 35.4 Å². The second-order valence-electron chi connectivity index (χ2n) is 5.29. The lowest BCUT2D eigenvalue weighted by Crippen LogP contribution is -2.36. The van der Waals surface area contributed by atoms with E-state index in [-0.39, 0.29) is 0 Å². The Kier molecular flexibility index (Phi) is 5.21. The van der Waals surface area contributed by atoms with Crippen molar-refractivity contribution < 1.29 is 4.74 Å². The molecule has 1 aromatic rings. The van der Waals surface area contributed by atoms with E-state index in [1.165, 1.54) is 24.0 Å². The van der Waals surface area contributed by atoms with Gasteiger partial charge in [-0.15, -0.1) is 0 Å². The Balaban J connectivity index is 1.78. The third-order valence-electron chi connectivity index (χ3n) is 4.03. The third-order valence-corrected chi connectivity index (χ3v) is 4.03. The van der Waals surface area contributed by atoms with E-state index in [9.17, 15) is 0 Å². The van der Waals surface area contributed by atoms with Crippen LogP contribution in [0.4, 0.5) is 0 Å². The summed E-state index contributed by atoms with van der Waals surface area (Å²) in [5.74, 6) is 0.772. The smallest absolute Gasteiger partial charge is 0.0469 e. The molecule has 0 aliphatic carbocycles. The molecule has 0 amide bonds. The van der Waals surface area contributed by atoms with Crippen LogP contribution in [-0.4, -0.2) is 19.3 Å². The topological polar surface area (TPSA) is 21.3 Å². The van der Waals surface area contributed by atoms with Crippen LogP contribution >= 0.6 is 0 Å². The van der Waals surface area contributed by atoms with Crippen LogP contribution in [0.2, 0.25) is 0 Å². The average Bonchev–Trinajstić information content (AvgIpc) is 2.46. The standard InChI is InChI=1S/C16H25NO/c1-3-14-4-6-15(7-5-14)12-17-13(2)16-8-10-18-11-9-16/h4-7,13,16-17H,3,8-12H2,1-2H3. The Bertz CT molecular complexity index is 341. The van der Waals surface area contributed by atoms with Gasteiger partial charge in [0, 0.05) is 25.8 Å². The molecular formula is C16H25NO. The van der Waals surface area contributed by atoms with Crippen LogP contribution in [0.5, 0.6) is 0 Å². The quantitative estimate of drug-likeness (QED) is 0.863. The second-order valence-corrected chi connectivity index (χ2v) is 5.29. The summed E-state index contributed by atoms with van der Waals surface area (Å²) in [5.41, 5.74) is 2.79. The molecule has 1 atom stereocenters. The highest BCUT2D eigenvalue weighted by molar-refractivity contribution is 5.22. The minimum absolute atomic E-state index is 0.583. The molecule has 100 valence electrons. The van der Waals surface area contributed by atoms with Crippen LogP contribution in [0.15, 0.2) is 24.3 Å². The Morgan fingerprint density at radius 1 is 1.17 bits per heavy atom. The molecule has 0 spiro atoms. The highest BCUT2D eigenvalue weighted by atomic mass is 16.5. The van der Waals surface area contributed by atoms with E-state index in [1.807, 2.05) is 0 Å². The van der Waals surface area contributed by atoms with E-state index in [2.05, 4.69) is 43.4 Å². The van der Waals surface area contributed by atoms with Gasteiger partial charge >= 0.3 is 0 Å². The maximum Gasteiger partial charge on any atom is 0.0469 e. The Hall–Kier alpha value is -0.860. The average molecular weight is 247 g/mol. The lowest BCUT2D eigenvalue weighted by atomic mass is 9.93. The Labute approximate surface area is 111 Å². The summed E-state index contributed by atoms with van der Waals surface area (Å²) in [6.45, 7) is 7.34. The molecule has 0 aromatic heterocycles. The highest BCUT2D eigenvalue weighted by Crippen LogP contribution is 2.18. The molecule has 1 fully saturated rings. The SMILES string of the molecule is CCc1ccc(CNC(C)C2CCOCC2)cc1. The van der Waals surface area contributed by atoms with Gasteiger partial charge in [0.2, 0.25) is 0 Å². The number of hydrogen-bond acceptors (Lipinski definition) is 2. The maximum absolute atomic E-state index is 5.41. The molecule has 1 aliphatic heterocycles. The number of aryl methyl sites for hydroxylation is 1. The van der Waals surface area contributed by atoms with Gasteiger partial charge in [-0.05, 0) is 43.2 Å². The Morgan fingerprint density at radius 3 is 2.39 bits per heavy atom. The zero-order chi connectivity index (χ0) is 12.8. The van der Waals surface area contributed by atoms with Gasteiger partial charge in [0.15, 0.2) is 0 Å². The number of benzene rings is 1. The molecule has 18 heavy (non-hydrogen) atoms. The van der Waals surface area contributed by atoms with Gasteiger partial charge in [-0.1, -0.05) is 31.2 Å². The van der Waals surface area contributed by atoms with E-state index in [4.69, 9.17) is 4.74 Å². The zero-order valence-corrected chi connectivity index (χ0v) is 11.6. The molecule has 1 unspecified atom stereocenters. The summed E-state index contributed by atoms with van der Waals surface area (Å²) in [6, 6.07) is 9.52. The number of rotatable bonds is 5. The van der Waals surface area contributed by atoms with Crippen LogP contribution in [0.3, 0.4) is 0 Å². The van der Waals surface area contributed by atoms with Crippen LogP contribution < -0.4 is 5.32 Å². The minimum atomic E-state index is 0.583. The molecule has 2 heteroatoms. The molecule has 2 rings (SSSR count). The first-order valence-corrected chi connectivity index (χ1v) is 7.18. The molecule has 1 heterocycles. The van der Waals surface area contributed by atoms with Crippen molar-refractivity contribution in [3.63, 3.8) is 0 Å². The van der Waals surface area contributed by atoms with E-state index >= 15 is 0 Å². The van der Waals surface area contributed by atoms with E-state index in [0.717, 1.165) is 32.1 Å². The first kappa shape index (κ1) is 13.6. The fourth-order valence-corrected chi connectivity index (χ4v) is 2.55. The third kappa shape index (κ3) is 3.82. The summed E-state index contributed by atoms with van der Waals surface area (Å²) >= 11 is 0. The van der Waals surface area contributed by atoms with E-state index < -0.39 is 0 Å². The van der Waals surface area contributed by atoms with Crippen LogP contribution in [0.1, 0.15) is 37.8 Å². The monoisotopic (exact) mass is 247 g/mol. The summed E-state index contributed by atoms with van der Waals surface area (Å²) in [7, 11) is 0. The summed E-state index contributed by atoms with van der Waals surface area (Å²) in [6.07, 6.45) is 3.51. The summed E-state index contributed by atoms with van der Waals surface area (Å²) in [5, 5.41) is 3.65. The van der Waals surface area contributed by atoms with Gasteiger partial charge in [-0.25, -0.2) is 0 Å². The maximum atomic E-state index is 5.41. The molecule has 0 radical (unpaired) electrons. The number of hydrogen-bond donors (Lipinski definition) is 1. The predicted molar refractivity (Wildman–Crippen MR) is 75.7 cm³/mol.